The first-order valence-corrected chi connectivity index (χ1v) is 6.23. The maximum atomic E-state index is 8.75. The lowest BCUT2D eigenvalue weighted by molar-refractivity contribution is 0.318. The second kappa shape index (κ2) is 6.16. The molecule has 7 nitrogen and oxygen atoms in total. The van der Waals surface area contributed by atoms with Gasteiger partial charge in [-0.1, -0.05) is 11.2 Å². The van der Waals surface area contributed by atoms with Gasteiger partial charge in [-0.3, -0.25) is 9.67 Å². The molecule has 0 fully saturated rings. The molecule has 0 radical (unpaired) electrons. The van der Waals surface area contributed by atoms with Gasteiger partial charge in [0.2, 0.25) is 0 Å². The first-order chi connectivity index (χ1) is 9.61. The van der Waals surface area contributed by atoms with E-state index in [9.17, 15) is 0 Å². The molecule has 106 valence electrons. The molecular weight excluding hydrogens is 256 g/mol. The zero-order valence-corrected chi connectivity index (χ0v) is 11.5. The van der Waals surface area contributed by atoms with Crippen LogP contribution >= 0.6 is 0 Å². The summed E-state index contributed by atoms with van der Waals surface area (Å²) < 4.78 is 1.79. The maximum absolute atomic E-state index is 8.75. The molecule has 0 aliphatic heterocycles. The van der Waals surface area contributed by atoms with Crippen molar-refractivity contribution < 1.29 is 5.21 Å². The maximum Gasteiger partial charge on any atom is 0.189 e. The van der Waals surface area contributed by atoms with Crippen LogP contribution in [0.15, 0.2) is 29.7 Å². The van der Waals surface area contributed by atoms with Crippen LogP contribution in [0, 0.1) is 6.92 Å². The molecule has 0 saturated carbocycles. The van der Waals surface area contributed by atoms with E-state index in [0.717, 1.165) is 16.8 Å². The molecule has 2 aromatic rings. The highest BCUT2D eigenvalue weighted by Crippen LogP contribution is 2.07. The molecule has 0 bridgehead atoms. The Morgan fingerprint density at radius 3 is 2.85 bits per heavy atom. The molecule has 0 atom stereocenters. The predicted molar refractivity (Wildman–Crippen MR) is 75.2 cm³/mol. The normalized spacial score (nSPS) is 11.8. The summed E-state index contributed by atoms with van der Waals surface area (Å²) in [6.45, 7) is 3.25. The SMILES string of the molecule is Cc1nn(C)cc1CNCc1cccnc1/C(N)=N/O. The van der Waals surface area contributed by atoms with Crippen LogP contribution in [0.5, 0.6) is 0 Å². The first kappa shape index (κ1) is 14.0. The van der Waals surface area contributed by atoms with E-state index in [-0.39, 0.29) is 5.84 Å². The lowest BCUT2D eigenvalue weighted by atomic mass is 10.1. The molecule has 2 heterocycles. The van der Waals surface area contributed by atoms with E-state index < -0.39 is 0 Å². The van der Waals surface area contributed by atoms with Gasteiger partial charge in [0.05, 0.1) is 5.69 Å². The Kier molecular flexibility index (Phi) is 4.31. The van der Waals surface area contributed by atoms with Gasteiger partial charge >= 0.3 is 0 Å². The average Bonchev–Trinajstić information content (AvgIpc) is 2.77. The van der Waals surface area contributed by atoms with Crippen LogP contribution in [0.3, 0.4) is 0 Å². The lowest BCUT2D eigenvalue weighted by Crippen LogP contribution is -2.21. The van der Waals surface area contributed by atoms with Crippen molar-refractivity contribution in [3.8, 4) is 0 Å². The Hall–Kier alpha value is -2.41. The van der Waals surface area contributed by atoms with E-state index in [1.165, 1.54) is 0 Å². The number of aromatic nitrogens is 3. The summed E-state index contributed by atoms with van der Waals surface area (Å²) in [5.41, 5.74) is 9.12. The molecule has 0 unspecified atom stereocenters. The van der Waals surface area contributed by atoms with Crippen molar-refractivity contribution in [2.45, 2.75) is 20.0 Å². The van der Waals surface area contributed by atoms with E-state index in [2.05, 4.69) is 20.6 Å². The Labute approximate surface area is 117 Å². The van der Waals surface area contributed by atoms with Crippen molar-refractivity contribution in [1.82, 2.24) is 20.1 Å². The summed E-state index contributed by atoms with van der Waals surface area (Å²) in [5.74, 6) is 0.0139. The van der Waals surface area contributed by atoms with Gasteiger partial charge in [0.1, 0.15) is 5.69 Å². The fourth-order valence-corrected chi connectivity index (χ4v) is 2.01. The summed E-state index contributed by atoms with van der Waals surface area (Å²) in [5, 5.41) is 19.3. The summed E-state index contributed by atoms with van der Waals surface area (Å²) in [6.07, 6.45) is 3.60. The smallest absolute Gasteiger partial charge is 0.189 e. The summed E-state index contributed by atoms with van der Waals surface area (Å²) in [4.78, 5) is 4.12. The van der Waals surface area contributed by atoms with Gasteiger partial charge in [0.15, 0.2) is 5.84 Å². The number of amidine groups is 1. The number of nitrogens with one attached hydrogen (secondary N) is 1. The molecule has 0 spiro atoms. The van der Waals surface area contributed by atoms with E-state index in [1.54, 1.807) is 10.9 Å². The predicted octanol–water partition coefficient (Wildman–Crippen LogP) is 0.508. The van der Waals surface area contributed by atoms with E-state index >= 15 is 0 Å². The van der Waals surface area contributed by atoms with E-state index in [1.807, 2.05) is 32.3 Å². The fraction of sp³-hybridized carbons (Fsp3) is 0.308. The molecule has 20 heavy (non-hydrogen) atoms. The number of hydrogen-bond donors (Lipinski definition) is 3. The number of hydrogen-bond acceptors (Lipinski definition) is 5. The van der Waals surface area contributed by atoms with Gasteiger partial charge in [-0.2, -0.15) is 5.10 Å². The Morgan fingerprint density at radius 2 is 2.20 bits per heavy atom. The monoisotopic (exact) mass is 274 g/mol. The number of aryl methyl sites for hydroxylation is 2. The number of rotatable bonds is 5. The van der Waals surface area contributed by atoms with Crippen LogP contribution in [0.4, 0.5) is 0 Å². The largest absolute Gasteiger partial charge is 0.409 e. The highest BCUT2D eigenvalue weighted by atomic mass is 16.4. The minimum Gasteiger partial charge on any atom is -0.409 e. The Balaban J connectivity index is 2.03. The van der Waals surface area contributed by atoms with Gasteiger partial charge in [-0.05, 0) is 18.6 Å². The van der Waals surface area contributed by atoms with Gasteiger partial charge < -0.3 is 16.3 Å². The van der Waals surface area contributed by atoms with Crippen LogP contribution in [-0.2, 0) is 20.1 Å². The van der Waals surface area contributed by atoms with Gasteiger partial charge in [0.25, 0.3) is 0 Å². The highest BCUT2D eigenvalue weighted by molar-refractivity contribution is 5.96. The van der Waals surface area contributed by atoms with Crippen LogP contribution in [0.25, 0.3) is 0 Å². The fourth-order valence-electron chi connectivity index (χ4n) is 2.01. The number of pyridine rings is 1. The van der Waals surface area contributed by atoms with Crippen molar-refractivity contribution in [2.24, 2.45) is 17.9 Å². The third-order valence-corrected chi connectivity index (χ3v) is 2.99. The first-order valence-electron chi connectivity index (χ1n) is 6.23. The molecule has 7 heteroatoms. The average molecular weight is 274 g/mol. The van der Waals surface area contributed by atoms with E-state index in [4.69, 9.17) is 10.9 Å². The number of nitrogens with two attached hydrogens (primary N) is 1. The third-order valence-electron chi connectivity index (χ3n) is 2.99. The highest BCUT2D eigenvalue weighted by Gasteiger charge is 2.08. The standard InChI is InChI=1S/C13H18N6O/c1-9-11(8-19(2)17-9)7-15-6-10-4-3-5-16-12(10)13(14)18-20/h3-5,8,15,20H,6-7H2,1-2H3,(H2,14,18). The van der Waals surface area contributed by atoms with E-state index in [0.29, 0.717) is 18.8 Å². The van der Waals surface area contributed by atoms with Crippen molar-refractivity contribution >= 4 is 5.84 Å². The zero-order chi connectivity index (χ0) is 14.5. The summed E-state index contributed by atoms with van der Waals surface area (Å²) in [7, 11) is 1.90. The quantitative estimate of drug-likeness (QED) is 0.319. The van der Waals surface area contributed by atoms with Gasteiger partial charge in [-0.25, -0.2) is 0 Å². The Bertz CT molecular complexity index is 619. The number of oxime groups is 1. The second-order valence-electron chi connectivity index (χ2n) is 4.51. The van der Waals surface area contributed by atoms with Crippen LogP contribution in [0.1, 0.15) is 22.5 Å². The van der Waals surface area contributed by atoms with Crippen molar-refractivity contribution in [3.63, 3.8) is 0 Å². The molecule has 0 aromatic carbocycles. The van der Waals surface area contributed by atoms with Crippen LogP contribution < -0.4 is 11.1 Å². The molecule has 0 aliphatic rings. The van der Waals surface area contributed by atoms with Gasteiger partial charge in [0, 0.05) is 38.1 Å². The van der Waals surface area contributed by atoms with Gasteiger partial charge in [-0.15, -0.1) is 0 Å². The molecule has 2 aromatic heterocycles. The minimum atomic E-state index is 0.0139. The zero-order valence-electron chi connectivity index (χ0n) is 11.5. The van der Waals surface area contributed by atoms with Crippen molar-refractivity contribution in [2.75, 3.05) is 0 Å². The summed E-state index contributed by atoms with van der Waals surface area (Å²) in [6, 6.07) is 3.71. The minimum absolute atomic E-state index is 0.0139. The molecule has 0 amide bonds. The molecule has 0 aliphatic carbocycles. The molecule has 4 N–H and O–H groups in total. The van der Waals surface area contributed by atoms with Crippen molar-refractivity contribution in [3.05, 3.63) is 47.0 Å². The van der Waals surface area contributed by atoms with Crippen molar-refractivity contribution in [1.29, 1.82) is 0 Å². The van der Waals surface area contributed by atoms with Crippen LogP contribution in [0.2, 0.25) is 0 Å². The second-order valence-corrected chi connectivity index (χ2v) is 4.51. The third kappa shape index (κ3) is 3.12. The molecule has 0 saturated heterocycles. The molecular formula is C13H18N6O. The number of nitrogens with zero attached hydrogens (tertiary/aromatic N) is 4. The Morgan fingerprint density at radius 1 is 1.45 bits per heavy atom. The van der Waals surface area contributed by atoms with Crippen LogP contribution in [-0.4, -0.2) is 25.8 Å². The topological polar surface area (TPSA) is 101 Å². The lowest BCUT2D eigenvalue weighted by Gasteiger charge is -2.08. The summed E-state index contributed by atoms with van der Waals surface area (Å²) >= 11 is 0. The molecule has 2 rings (SSSR count).